The SMILES string of the molecule is C[C@@H]1C(=O)[C@@]23CC[C@@H]4C(C)(C)CCC[C@@]4(C)[C@@H]2[C@H](O)C[C@@H]1C3. The lowest BCUT2D eigenvalue weighted by atomic mass is 9.40. The van der Waals surface area contributed by atoms with E-state index in [0.29, 0.717) is 23.0 Å². The Morgan fingerprint density at radius 1 is 1.14 bits per heavy atom. The zero-order chi connectivity index (χ0) is 15.9. The molecule has 22 heavy (non-hydrogen) atoms. The lowest BCUT2D eigenvalue weighted by molar-refractivity contribution is -0.187. The first-order valence-corrected chi connectivity index (χ1v) is 9.45. The molecular formula is C20H32O2. The number of carbonyl (C=O) groups is 1. The van der Waals surface area contributed by atoms with Crippen molar-refractivity contribution in [1.82, 2.24) is 0 Å². The molecule has 2 heteroatoms. The summed E-state index contributed by atoms with van der Waals surface area (Å²) in [7, 11) is 0. The van der Waals surface area contributed by atoms with Gasteiger partial charge in [-0.15, -0.1) is 0 Å². The third kappa shape index (κ3) is 1.63. The zero-order valence-electron chi connectivity index (χ0n) is 14.7. The van der Waals surface area contributed by atoms with Gasteiger partial charge >= 0.3 is 0 Å². The number of Topliss-reactive ketones (excluding diaryl/α,β-unsaturated/α-hetero) is 1. The fourth-order valence-electron chi connectivity index (χ4n) is 7.91. The first-order valence-electron chi connectivity index (χ1n) is 9.45. The number of carbonyl (C=O) groups excluding carboxylic acids is 1. The summed E-state index contributed by atoms with van der Waals surface area (Å²) in [6, 6.07) is 0. The summed E-state index contributed by atoms with van der Waals surface area (Å²) in [5, 5.41) is 11.0. The number of hydrogen-bond donors (Lipinski definition) is 1. The van der Waals surface area contributed by atoms with E-state index in [0.717, 1.165) is 19.3 Å². The molecule has 0 radical (unpaired) electrons. The van der Waals surface area contributed by atoms with E-state index < -0.39 is 0 Å². The van der Waals surface area contributed by atoms with Gasteiger partial charge in [-0.2, -0.15) is 0 Å². The molecule has 0 aromatic rings. The van der Waals surface area contributed by atoms with Crippen LogP contribution in [0.4, 0.5) is 0 Å². The highest BCUT2D eigenvalue weighted by atomic mass is 16.3. The van der Waals surface area contributed by atoms with Gasteiger partial charge in [-0.3, -0.25) is 4.79 Å². The second-order valence-corrected chi connectivity index (χ2v) is 9.99. The van der Waals surface area contributed by atoms with E-state index >= 15 is 0 Å². The minimum atomic E-state index is -0.255. The topological polar surface area (TPSA) is 37.3 Å². The Kier molecular flexibility index (Phi) is 3.02. The highest BCUT2D eigenvalue weighted by Crippen LogP contribution is 2.71. The van der Waals surface area contributed by atoms with Crippen molar-refractivity contribution in [1.29, 1.82) is 0 Å². The third-order valence-electron chi connectivity index (χ3n) is 8.63. The molecule has 0 saturated heterocycles. The smallest absolute Gasteiger partial charge is 0.142 e. The molecule has 4 rings (SSSR count). The number of aliphatic hydroxyl groups is 1. The van der Waals surface area contributed by atoms with E-state index in [1.165, 1.54) is 25.7 Å². The monoisotopic (exact) mass is 304 g/mol. The van der Waals surface area contributed by atoms with Crippen molar-refractivity contribution in [2.75, 3.05) is 0 Å². The van der Waals surface area contributed by atoms with Crippen LogP contribution < -0.4 is 0 Å². The first-order chi connectivity index (χ1) is 10.2. The quantitative estimate of drug-likeness (QED) is 0.728. The van der Waals surface area contributed by atoms with Crippen LogP contribution in [0.15, 0.2) is 0 Å². The number of hydrogen-bond acceptors (Lipinski definition) is 2. The average molecular weight is 304 g/mol. The molecule has 0 aromatic carbocycles. The van der Waals surface area contributed by atoms with Crippen LogP contribution in [0.1, 0.15) is 72.6 Å². The molecule has 1 spiro atoms. The zero-order valence-corrected chi connectivity index (χ0v) is 14.7. The van der Waals surface area contributed by atoms with Crippen LogP contribution in [0, 0.1) is 39.9 Å². The summed E-state index contributed by atoms with van der Waals surface area (Å²) in [5.74, 6) is 2.00. The normalized spacial score (nSPS) is 56.4. The van der Waals surface area contributed by atoms with Crippen molar-refractivity contribution in [3.05, 3.63) is 0 Å². The van der Waals surface area contributed by atoms with E-state index in [4.69, 9.17) is 0 Å². The van der Waals surface area contributed by atoms with Gasteiger partial charge in [0, 0.05) is 17.3 Å². The van der Waals surface area contributed by atoms with Crippen LogP contribution in [0.2, 0.25) is 0 Å². The Morgan fingerprint density at radius 2 is 1.86 bits per heavy atom. The Bertz CT molecular complexity index is 510. The van der Waals surface area contributed by atoms with Crippen molar-refractivity contribution in [2.45, 2.75) is 78.7 Å². The molecule has 0 amide bonds. The molecule has 2 bridgehead atoms. The van der Waals surface area contributed by atoms with E-state index in [2.05, 4.69) is 27.7 Å². The molecule has 4 saturated carbocycles. The predicted octanol–water partition coefficient (Wildman–Crippen LogP) is 4.21. The van der Waals surface area contributed by atoms with Gasteiger partial charge in [-0.25, -0.2) is 0 Å². The van der Waals surface area contributed by atoms with E-state index in [1.54, 1.807) is 0 Å². The maximum atomic E-state index is 13.2. The Morgan fingerprint density at radius 3 is 2.59 bits per heavy atom. The highest BCUT2D eigenvalue weighted by Gasteiger charge is 2.69. The van der Waals surface area contributed by atoms with Crippen LogP contribution in [-0.4, -0.2) is 17.0 Å². The molecule has 4 fully saturated rings. The van der Waals surface area contributed by atoms with Crippen LogP contribution in [0.3, 0.4) is 0 Å². The van der Waals surface area contributed by atoms with Gasteiger partial charge in [0.15, 0.2) is 0 Å². The van der Waals surface area contributed by atoms with Gasteiger partial charge in [-0.1, -0.05) is 34.1 Å². The van der Waals surface area contributed by atoms with Gasteiger partial charge in [0.25, 0.3) is 0 Å². The summed E-state index contributed by atoms with van der Waals surface area (Å²) in [4.78, 5) is 13.2. The van der Waals surface area contributed by atoms with Crippen LogP contribution >= 0.6 is 0 Å². The fourth-order valence-corrected chi connectivity index (χ4v) is 7.91. The summed E-state index contributed by atoms with van der Waals surface area (Å²) in [5.41, 5.74) is 0.336. The fraction of sp³-hybridized carbons (Fsp3) is 0.950. The van der Waals surface area contributed by atoms with Gasteiger partial charge in [0.2, 0.25) is 0 Å². The maximum Gasteiger partial charge on any atom is 0.142 e. The van der Waals surface area contributed by atoms with Gasteiger partial charge < -0.3 is 5.11 Å². The van der Waals surface area contributed by atoms with Crippen molar-refractivity contribution in [2.24, 2.45) is 39.9 Å². The summed E-state index contributed by atoms with van der Waals surface area (Å²) < 4.78 is 0. The molecular weight excluding hydrogens is 272 g/mol. The Labute approximate surface area is 135 Å². The predicted molar refractivity (Wildman–Crippen MR) is 87.3 cm³/mol. The minimum absolute atomic E-state index is 0.157. The standard InChI is InChI=1S/C20H32O2/c1-12-13-10-14(21)16-19(4)8-5-7-18(2,3)15(19)6-9-20(16,11-13)17(12)22/h12-16,21H,5-11H2,1-4H3/t12-,13+,14+,15+,16-,19+,20+/m0/s1. The van der Waals surface area contributed by atoms with Crippen molar-refractivity contribution < 1.29 is 9.90 Å². The molecule has 2 nitrogen and oxygen atoms in total. The summed E-state index contributed by atoms with van der Waals surface area (Å²) >= 11 is 0. The van der Waals surface area contributed by atoms with E-state index in [-0.39, 0.29) is 28.8 Å². The number of rotatable bonds is 0. The van der Waals surface area contributed by atoms with Gasteiger partial charge in [0.1, 0.15) is 5.78 Å². The Balaban J connectivity index is 1.82. The molecule has 0 heterocycles. The second-order valence-electron chi connectivity index (χ2n) is 9.99. The molecule has 0 unspecified atom stereocenters. The van der Waals surface area contributed by atoms with Crippen LogP contribution in [-0.2, 0) is 4.79 Å². The van der Waals surface area contributed by atoms with Crippen LogP contribution in [0.25, 0.3) is 0 Å². The molecule has 0 aromatic heterocycles. The third-order valence-corrected chi connectivity index (χ3v) is 8.63. The van der Waals surface area contributed by atoms with Crippen molar-refractivity contribution in [3.63, 3.8) is 0 Å². The Hall–Kier alpha value is -0.370. The molecule has 7 atom stereocenters. The van der Waals surface area contributed by atoms with Crippen molar-refractivity contribution in [3.8, 4) is 0 Å². The molecule has 4 aliphatic rings. The average Bonchev–Trinajstić information content (AvgIpc) is 2.59. The molecule has 4 aliphatic carbocycles. The first kappa shape index (κ1) is 15.2. The minimum Gasteiger partial charge on any atom is -0.393 e. The summed E-state index contributed by atoms with van der Waals surface area (Å²) in [6.07, 6.45) is 7.67. The summed E-state index contributed by atoms with van der Waals surface area (Å²) in [6.45, 7) is 9.38. The lowest BCUT2D eigenvalue weighted by Gasteiger charge is -2.64. The maximum absolute atomic E-state index is 13.2. The number of ketones is 1. The van der Waals surface area contributed by atoms with E-state index in [1.807, 2.05) is 0 Å². The largest absolute Gasteiger partial charge is 0.393 e. The molecule has 1 N–H and O–H groups in total. The van der Waals surface area contributed by atoms with Crippen molar-refractivity contribution >= 4 is 5.78 Å². The molecule has 124 valence electrons. The van der Waals surface area contributed by atoms with Crippen LogP contribution in [0.5, 0.6) is 0 Å². The lowest BCUT2D eigenvalue weighted by Crippen LogP contribution is -2.61. The van der Waals surface area contributed by atoms with Gasteiger partial charge in [0.05, 0.1) is 6.10 Å². The van der Waals surface area contributed by atoms with E-state index in [9.17, 15) is 9.90 Å². The second kappa shape index (κ2) is 4.37. The molecule has 0 aliphatic heterocycles. The number of aliphatic hydroxyl groups excluding tert-OH is 1. The van der Waals surface area contributed by atoms with Gasteiger partial charge in [-0.05, 0) is 61.2 Å². The number of fused-ring (bicyclic) bond motifs is 3. The highest BCUT2D eigenvalue weighted by molar-refractivity contribution is 5.90.